The zero-order valence-electron chi connectivity index (χ0n) is 13.7. The third-order valence-corrected chi connectivity index (χ3v) is 3.98. The molecule has 0 saturated heterocycles. The highest BCUT2D eigenvalue weighted by Gasteiger charge is 2.17. The Kier molecular flexibility index (Phi) is 5.87. The third-order valence-electron chi connectivity index (χ3n) is 3.98. The van der Waals surface area contributed by atoms with Crippen molar-refractivity contribution in [1.82, 2.24) is 15.5 Å². The quantitative estimate of drug-likeness (QED) is 0.819. The number of hydrogen-bond donors (Lipinski definition) is 2. The van der Waals surface area contributed by atoms with Crippen molar-refractivity contribution in [3.05, 3.63) is 35.7 Å². The molecule has 2 rings (SSSR count). The number of rotatable bonds is 7. The monoisotopic (exact) mass is 317 g/mol. The van der Waals surface area contributed by atoms with Crippen molar-refractivity contribution in [3.8, 4) is 11.4 Å². The topological polar surface area (TPSA) is 88.2 Å². The Bertz CT molecular complexity index is 650. The molecule has 124 valence electrons. The predicted octanol–water partition coefficient (Wildman–Crippen LogP) is 2.57. The van der Waals surface area contributed by atoms with Crippen molar-refractivity contribution in [1.29, 1.82) is 0 Å². The largest absolute Gasteiger partial charge is 0.391 e. The second-order valence-electron chi connectivity index (χ2n) is 5.57. The number of aliphatic hydroxyl groups excluding tert-OH is 1. The number of aromatic nitrogens is 2. The number of benzene rings is 1. The van der Waals surface area contributed by atoms with Crippen LogP contribution in [0.1, 0.15) is 42.9 Å². The molecule has 1 aromatic heterocycles. The highest BCUT2D eigenvalue weighted by molar-refractivity contribution is 5.95. The van der Waals surface area contributed by atoms with Gasteiger partial charge in [-0.05, 0) is 18.1 Å². The lowest BCUT2D eigenvalue weighted by atomic mass is 9.96. The second kappa shape index (κ2) is 7.87. The zero-order chi connectivity index (χ0) is 16.8. The number of aliphatic hydroxyl groups is 1. The fourth-order valence-corrected chi connectivity index (χ4v) is 2.51. The van der Waals surface area contributed by atoms with Gasteiger partial charge in [0.2, 0.25) is 11.7 Å². The van der Waals surface area contributed by atoms with Gasteiger partial charge in [-0.2, -0.15) is 4.98 Å². The van der Waals surface area contributed by atoms with Crippen LogP contribution in [0.15, 0.2) is 28.8 Å². The maximum atomic E-state index is 12.3. The Labute approximate surface area is 135 Å². The predicted molar refractivity (Wildman–Crippen MR) is 86.9 cm³/mol. The van der Waals surface area contributed by atoms with E-state index in [9.17, 15) is 9.90 Å². The standard InChI is InChI=1S/C17H23N3O3/c1-4-12(5-2)15(21)10-18-17(22)14-8-6-7-13(9-14)16-19-11(3)23-20-16/h6-9,12,15,21H,4-5,10H2,1-3H3,(H,18,22). The number of carbonyl (C=O) groups is 1. The number of hydrogen-bond acceptors (Lipinski definition) is 5. The van der Waals surface area contributed by atoms with Gasteiger partial charge in [-0.1, -0.05) is 44.0 Å². The molecule has 1 aromatic carbocycles. The van der Waals surface area contributed by atoms with Gasteiger partial charge in [0.05, 0.1) is 6.10 Å². The minimum atomic E-state index is -0.531. The van der Waals surface area contributed by atoms with E-state index in [4.69, 9.17) is 4.52 Å². The average molecular weight is 317 g/mol. The van der Waals surface area contributed by atoms with Crippen molar-refractivity contribution >= 4 is 5.91 Å². The molecule has 0 aliphatic heterocycles. The summed E-state index contributed by atoms with van der Waals surface area (Å²) in [5.74, 6) is 0.901. The van der Waals surface area contributed by atoms with Gasteiger partial charge < -0.3 is 14.9 Å². The van der Waals surface area contributed by atoms with Crippen LogP contribution in [0.5, 0.6) is 0 Å². The highest BCUT2D eigenvalue weighted by atomic mass is 16.5. The molecule has 0 aliphatic rings. The van der Waals surface area contributed by atoms with Gasteiger partial charge >= 0.3 is 0 Å². The molecule has 1 amide bonds. The summed E-state index contributed by atoms with van der Waals surface area (Å²) in [6, 6.07) is 7.02. The first-order valence-electron chi connectivity index (χ1n) is 7.92. The van der Waals surface area contributed by atoms with Gasteiger partial charge in [-0.25, -0.2) is 0 Å². The number of carbonyl (C=O) groups excluding carboxylic acids is 1. The van der Waals surface area contributed by atoms with Gasteiger partial charge in [0, 0.05) is 24.6 Å². The Morgan fingerprint density at radius 2 is 2.09 bits per heavy atom. The molecule has 0 fully saturated rings. The summed E-state index contributed by atoms with van der Waals surface area (Å²) in [6.45, 7) is 6.04. The Morgan fingerprint density at radius 1 is 1.35 bits per heavy atom. The molecule has 0 bridgehead atoms. The van der Waals surface area contributed by atoms with E-state index in [1.54, 1.807) is 25.1 Å². The molecule has 0 aliphatic carbocycles. The third kappa shape index (κ3) is 4.39. The molecule has 1 atom stereocenters. The minimum absolute atomic E-state index is 0.198. The summed E-state index contributed by atoms with van der Waals surface area (Å²) < 4.78 is 4.95. The highest BCUT2D eigenvalue weighted by Crippen LogP contribution is 2.17. The zero-order valence-corrected chi connectivity index (χ0v) is 13.7. The number of nitrogens with one attached hydrogen (secondary N) is 1. The van der Waals surface area contributed by atoms with Crippen LogP contribution >= 0.6 is 0 Å². The smallest absolute Gasteiger partial charge is 0.251 e. The van der Waals surface area contributed by atoms with Gasteiger partial charge in [0.15, 0.2) is 0 Å². The van der Waals surface area contributed by atoms with Gasteiger partial charge in [-0.3, -0.25) is 4.79 Å². The lowest BCUT2D eigenvalue weighted by Gasteiger charge is -2.20. The fourth-order valence-electron chi connectivity index (χ4n) is 2.51. The summed E-state index contributed by atoms with van der Waals surface area (Å²) in [5.41, 5.74) is 1.22. The normalized spacial score (nSPS) is 12.4. The molecule has 1 unspecified atom stereocenters. The second-order valence-corrected chi connectivity index (χ2v) is 5.57. The van der Waals surface area contributed by atoms with Crippen LogP contribution in [0.4, 0.5) is 0 Å². The van der Waals surface area contributed by atoms with Crippen molar-refractivity contribution < 1.29 is 14.4 Å². The van der Waals surface area contributed by atoms with Crippen LogP contribution in [0, 0.1) is 12.8 Å². The van der Waals surface area contributed by atoms with Gasteiger partial charge in [0.1, 0.15) is 0 Å². The van der Waals surface area contributed by atoms with E-state index in [2.05, 4.69) is 15.5 Å². The maximum absolute atomic E-state index is 12.3. The van der Waals surface area contributed by atoms with E-state index in [0.29, 0.717) is 17.3 Å². The molecule has 2 N–H and O–H groups in total. The molecule has 6 nitrogen and oxygen atoms in total. The van der Waals surface area contributed by atoms with E-state index in [-0.39, 0.29) is 18.4 Å². The molecule has 1 heterocycles. The van der Waals surface area contributed by atoms with Crippen LogP contribution in [0.25, 0.3) is 11.4 Å². The Morgan fingerprint density at radius 3 is 2.70 bits per heavy atom. The van der Waals surface area contributed by atoms with E-state index in [0.717, 1.165) is 18.4 Å². The molecular formula is C17H23N3O3. The number of nitrogens with zero attached hydrogens (tertiary/aromatic N) is 2. The summed E-state index contributed by atoms with van der Waals surface area (Å²) in [5, 5.41) is 16.7. The lowest BCUT2D eigenvalue weighted by Crippen LogP contribution is -2.36. The molecule has 0 spiro atoms. The van der Waals surface area contributed by atoms with Crippen LogP contribution in [0.3, 0.4) is 0 Å². The van der Waals surface area contributed by atoms with Crippen molar-refractivity contribution in [2.24, 2.45) is 5.92 Å². The summed E-state index contributed by atoms with van der Waals surface area (Å²) in [7, 11) is 0. The summed E-state index contributed by atoms with van der Waals surface area (Å²) in [6.07, 6.45) is 1.25. The van der Waals surface area contributed by atoms with E-state index in [1.165, 1.54) is 0 Å². The first-order chi connectivity index (χ1) is 11.0. The molecular weight excluding hydrogens is 294 g/mol. The van der Waals surface area contributed by atoms with Crippen LogP contribution < -0.4 is 5.32 Å². The molecule has 2 aromatic rings. The number of aryl methyl sites for hydroxylation is 1. The van der Waals surface area contributed by atoms with Crippen molar-refractivity contribution in [3.63, 3.8) is 0 Å². The lowest BCUT2D eigenvalue weighted by molar-refractivity contribution is 0.0816. The number of amides is 1. The maximum Gasteiger partial charge on any atom is 0.251 e. The molecule has 23 heavy (non-hydrogen) atoms. The van der Waals surface area contributed by atoms with Crippen molar-refractivity contribution in [2.75, 3.05) is 6.54 Å². The summed E-state index contributed by atoms with van der Waals surface area (Å²) in [4.78, 5) is 16.4. The first-order valence-corrected chi connectivity index (χ1v) is 7.92. The van der Waals surface area contributed by atoms with Gasteiger partial charge in [-0.15, -0.1) is 0 Å². The molecule has 0 saturated carbocycles. The average Bonchev–Trinajstić information content (AvgIpc) is 3.00. The first kappa shape index (κ1) is 17.1. The van der Waals surface area contributed by atoms with Crippen LogP contribution in [-0.4, -0.2) is 33.8 Å². The summed E-state index contributed by atoms with van der Waals surface area (Å²) >= 11 is 0. The van der Waals surface area contributed by atoms with Gasteiger partial charge in [0.25, 0.3) is 5.91 Å². The Hall–Kier alpha value is -2.21. The molecule has 6 heteroatoms. The van der Waals surface area contributed by atoms with Crippen LogP contribution in [0.2, 0.25) is 0 Å². The minimum Gasteiger partial charge on any atom is -0.391 e. The SMILES string of the molecule is CCC(CC)C(O)CNC(=O)c1cccc(-c2noc(C)n2)c1. The van der Waals surface area contributed by atoms with Crippen molar-refractivity contribution in [2.45, 2.75) is 39.7 Å². The Balaban J connectivity index is 2.03. The fraction of sp³-hybridized carbons (Fsp3) is 0.471. The van der Waals surface area contributed by atoms with E-state index >= 15 is 0 Å². The van der Waals surface area contributed by atoms with E-state index in [1.807, 2.05) is 19.9 Å². The molecule has 0 radical (unpaired) electrons. The van der Waals surface area contributed by atoms with E-state index < -0.39 is 6.10 Å². The van der Waals surface area contributed by atoms with Crippen LogP contribution in [-0.2, 0) is 0 Å².